The number of nitrogens with zero attached hydrogens (tertiary/aromatic N) is 3. The van der Waals surface area contributed by atoms with Gasteiger partial charge < -0.3 is 14.8 Å². The van der Waals surface area contributed by atoms with Gasteiger partial charge in [0, 0.05) is 6.42 Å². The normalized spacial score (nSPS) is 22.9. The first-order valence-electron chi connectivity index (χ1n) is 5.07. The Morgan fingerprint density at radius 2 is 2.20 bits per heavy atom. The predicted molar refractivity (Wildman–Crippen MR) is 53.9 cm³/mol. The molecule has 0 spiro atoms. The molecular weight excluding hydrogens is 198 g/mol. The van der Waals surface area contributed by atoms with Crippen molar-refractivity contribution >= 4 is 0 Å². The van der Waals surface area contributed by atoms with Gasteiger partial charge in [0.2, 0.25) is 5.28 Å². The van der Waals surface area contributed by atoms with Crippen molar-refractivity contribution in [1.82, 2.24) is 5.01 Å². The van der Waals surface area contributed by atoms with E-state index in [0.717, 1.165) is 6.42 Å². The van der Waals surface area contributed by atoms with Gasteiger partial charge >= 0.3 is 0 Å². The highest BCUT2D eigenvalue weighted by molar-refractivity contribution is 4.65. The molecule has 1 fully saturated rings. The molecule has 0 aromatic heterocycles. The van der Waals surface area contributed by atoms with Gasteiger partial charge in [-0.1, -0.05) is 0 Å². The third-order valence-corrected chi connectivity index (χ3v) is 2.38. The Kier molecular flexibility index (Phi) is 3.73. The van der Waals surface area contributed by atoms with E-state index < -0.39 is 0 Å². The van der Waals surface area contributed by atoms with Crippen LogP contribution >= 0.6 is 0 Å². The monoisotopic (exact) mass is 217 g/mol. The van der Waals surface area contributed by atoms with E-state index in [1.807, 2.05) is 20.8 Å². The summed E-state index contributed by atoms with van der Waals surface area (Å²) in [5.74, 6) is 0. The standard InChI is InChI=1S/C9H19N3O3/c1-9(2,3)11(4)12(13)10-15-8-5-6-14-7-8/h8H,5-7H2,1-4H3/b12-10+/t8-/m1/s1. The van der Waals surface area contributed by atoms with Gasteiger partial charge in [0.05, 0.1) is 30.8 Å². The molecule has 1 heterocycles. The molecule has 1 aliphatic heterocycles. The molecule has 1 rings (SSSR count). The molecule has 0 saturated carbocycles. The summed E-state index contributed by atoms with van der Waals surface area (Å²) in [6, 6.07) is 0. The maximum atomic E-state index is 11.5. The first-order valence-corrected chi connectivity index (χ1v) is 5.07. The van der Waals surface area contributed by atoms with E-state index in [4.69, 9.17) is 9.57 Å². The van der Waals surface area contributed by atoms with Crippen molar-refractivity contribution in [3.05, 3.63) is 5.21 Å². The van der Waals surface area contributed by atoms with Crippen LogP contribution in [0.25, 0.3) is 0 Å². The van der Waals surface area contributed by atoms with Crippen molar-refractivity contribution in [2.45, 2.75) is 38.8 Å². The summed E-state index contributed by atoms with van der Waals surface area (Å²) >= 11 is 0. The predicted octanol–water partition coefficient (Wildman–Crippen LogP) is 1.31. The fourth-order valence-electron chi connectivity index (χ4n) is 1.01. The van der Waals surface area contributed by atoms with Crippen molar-refractivity contribution in [3.63, 3.8) is 0 Å². The minimum atomic E-state index is -0.277. The molecule has 1 aliphatic rings. The lowest BCUT2D eigenvalue weighted by molar-refractivity contribution is -0.720. The quantitative estimate of drug-likeness (QED) is 0.406. The lowest BCUT2D eigenvalue weighted by Crippen LogP contribution is -2.42. The van der Waals surface area contributed by atoms with Crippen LogP contribution in [0.1, 0.15) is 27.2 Å². The van der Waals surface area contributed by atoms with Gasteiger partial charge in [0.15, 0.2) is 6.10 Å². The highest BCUT2D eigenvalue weighted by atomic mass is 16.7. The van der Waals surface area contributed by atoms with Crippen molar-refractivity contribution in [2.75, 3.05) is 20.3 Å². The van der Waals surface area contributed by atoms with E-state index in [1.54, 1.807) is 7.05 Å². The smallest absolute Gasteiger partial charge is 0.233 e. The third kappa shape index (κ3) is 3.54. The van der Waals surface area contributed by atoms with E-state index >= 15 is 0 Å². The first-order chi connectivity index (χ1) is 6.91. The fourth-order valence-corrected chi connectivity index (χ4v) is 1.01. The molecular formula is C9H19N3O3. The second-order valence-electron chi connectivity index (χ2n) is 4.62. The lowest BCUT2D eigenvalue weighted by Gasteiger charge is -2.26. The Bertz CT molecular complexity index is 231. The molecule has 6 heteroatoms. The lowest BCUT2D eigenvalue weighted by atomic mass is 10.1. The van der Waals surface area contributed by atoms with Gasteiger partial charge in [-0.15, -0.1) is 5.01 Å². The average Bonchev–Trinajstić information content (AvgIpc) is 2.63. The summed E-state index contributed by atoms with van der Waals surface area (Å²) in [6.45, 7) is 6.95. The summed E-state index contributed by atoms with van der Waals surface area (Å²) in [6.07, 6.45) is 0.700. The summed E-state index contributed by atoms with van der Waals surface area (Å²) in [4.78, 5) is 5.52. The molecule has 1 atom stereocenters. The molecule has 0 N–H and O–H groups in total. The molecule has 15 heavy (non-hydrogen) atoms. The Morgan fingerprint density at radius 3 is 2.67 bits per heavy atom. The average molecular weight is 217 g/mol. The summed E-state index contributed by atoms with van der Waals surface area (Å²) in [5.41, 5.74) is -0.277. The minimum Gasteiger partial charge on any atom is -0.569 e. The SMILES string of the molecule is CN(/[N+]([O-])=N\O[C@@H]1CCOC1)C(C)(C)C. The van der Waals surface area contributed by atoms with Crippen LogP contribution in [0.2, 0.25) is 0 Å². The number of hydrogen-bond acceptors (Lipinski definition) is 4. The highest BCUT2D eigenvalue weighted by Crippen LogP contribution is 2.12. The van der Waals surface area contributed by atoms with Gasteiger partial charge in [-0.3, -0.25) is 0 Å². The van der Waals surface area contributed by atoms with Crippen LogP contribution in [-0.4, -0.2) is 41.9 Å². The van der Waals surface area contributed by atoms with Crippen molar-refractivity contribution in [3.8, 4) is 0 Å². The number of ether oxygens (including phenoxy) is 1. The third-order valence-electron chi connectivity index (χ3n) is 2.38. The van der Waals surface area contributed by atoms with Crippen LogP contribution in [0.5, 0.6) is 0 Å². The molecule has 88 valence electrons. The zero-order valence-electron chi connectivity index (χ0n) is 9.77. The fraction of sp³-hybridized carbons (Fsp3) is 1.00. The number of hydrogen-bond donors (Lipinski definition) is 0. The van der Waals surface area contributed by atoms with Crippen LogP contribution in [0.4, 0.5) is 0 Å². The number of rotatable bonds is 3. The van der Waals surface area contributed by atoms with Gasteiger partial charge in [0.1, 0.15) is 0 Å². The topological polar surface area (TPSA) is 60.1 Å². The Morgan fingerprint density at radius 1 is 1.53 bits per heavy atom. The van der Waals surface area contributed by atoms with Crippen molar-refractivity contribution in [1.29, 1.82) is 0 Å². The van der Waals surface area contributed by atoms with Gasteiger partial charge in [0.25, 0.3) is 0 Å². The van der Waals surface area contributed by atoms with Gasteiger partial charge in [-0.2, -0.15) is 0 Å². The second kappa shape index (κ2) is 4.65. The number of hydrazine groups is 1. The van der Waals surface area contributed by atoms with Crippen LogP contribution in [-0.2, 0) is 9.57 Å². The molecule has 0 aliphatic carbocycles. The summed E-state index contributed by atoms with van der Waals surface area (Å²) in [7, 11) is 1.67. The molecule has 0 aromatic carbocycles. The maximum absolute atomic E-state index is 11.5. The first kappa shape index (κ1) is 12.0. The Labute approximate surface area is 90.0 Å². The van der Waals surface area contributed by atoms with Crippen molar-refractivity contribution < 1.29 is 14.5 Å². The van der Waals surface area contributed by atoms with Crippen LogP contribution in [0, 0.1) is 5.21 Å². The van der Waals surface area contributed by atoms with Crippen LogP contribution in [0.3, 0.4) is 0 Å². The molecule has 1 saturated heterocycles. The zero-order valence-corrected chi connectivity index (χ0v) is 9.77. The molecule has 0 radical (unpaired) electrons. The van der Waals surface area contributed by atoms with E-state index in [9.17, 15) is 5.21 Å². The molecule has 6 nitrogen and oxygen atoms in total. The van der Waals surface area contributed by atoms with E-state index in [2.05, 4.69) is 5.28 Å². The molecule has 0 aromatic rings. The Hall–Kier alpha value is -1.04. The van der Waals surface area contributed by atoms with Crippen LogP contribution in [0.15, 0.2) is 5.28 Å². The molecule has 0 bridgehead atoms. The van der Waals surface area contributed by atoms with Gasteiger partial charge in [-0.25, -0.2) is 0 Å². The van der Waals surface area contributed by atoms with E-state index in [1.165, 1.54) is 5.01 Å². The largest absolute Gasteiger partial charge is 0.569 e. The minimum absolute atomic E-state index is 0.0881. The van der Waals surface area contributed by atoms with Crippen LogP contribution < -0.4 is 0 Å². The zero-order chi connectivity index (χ0) is 11.5. The maximum Gasteiger partial charge on any atom is 0.233 e. The highest BCUT2D eigenvalue weighted by Gasteiger charge is 2.25. The summed E-state index contributed by atoms with van der Waals surface area (Å²) < 4.78 is 5.10. The van der Waals surface area contributed by atoms with E-state index in [-0.39, 0.29) is 11.6 Å². The van der Waals surface area contributed by atoms with Gasteiger partial charge in [-0.05, 0) is 20.8 Å². The van der Waals surface area contributed by atoms with E-state index in [0.29, 0.717) is 18.2 Å². The Balaban J connectivity index is 2.44. The second-order valence-corrected chi connectivity index (χ2v) is 4.62. The molecule has 0 unspecified atom stereocenters. The van der Waals surface area contributed by atoms with Crippen molar-refractivity contribution in [2.24, 2.45) is 5.28 Å². The molecule has 0 amide bonds. The summed E-state index contributed by atoms with van der Waals surface area (Å²) in [5, 5.41) is 16.4.